The molecule has 1 atom stereocenters. The van der Waals surface area contributed by atoms with E-state index in [1.165, 1.54) is 0 Å². The van der Waals surface area contributed by atoms with Crippen LogP contribution >= 0.6 is 0 Å². The third-order valence-corrected chi connectivity index (χ3v) is 5.52. The summed E-state index contributed by atoms with van der Waals surface area (Å²) in [5.41, 5.74) is 0.274. The van der Waals surface area contributed by atoms with E-state index in [1.807, 2.05) is 52.0 Å². The first-order chi connectivity index (χ1) is 12.5. The number of aromatic nitrogens is 1. The minimum atomic E-state index is -0.968. The minimum absolute atomic E-state index is 0.183. The van der Waals surface area contributed by atoms with Crippen molar-refractivity contribution in [1.29, 1.82) is 0 Å². The number of aliphatic carboxylic acids is 2. The molecule has 144 valence electrons. The topological polar surface area (TPSA) is 98.0 Å². The molecule has 0 saturated carbocycles. The zero-order chi connectivity index (χ0) is 20.0. The highest BCUT2D eigenvalue weighted by Gasteiger charge is 2.54. The summed E-state index contributed by atoms with van der Waals surface area (Å²) in [7, 11) is -0.741. The number of carboxylic acids is 2. The molecule has 2 N–H and O–H groups in total. The van der Waals surface area contributed by atoms with Crippen LogP contribution < -0.4 is 0 Å². The summed E-state index contributed by atoms with van der Waals surface area (Å²) >= 11 is 0. The Labute approximate surface area is 158 Å². The predicted octanol–water partition coefficient (Wildman–Crippen LogP) is 2.92. The Morgan fingerprint density at radius 3 is 2.22 bits per heavy atom. The highest BCUT2D eigenvalue weighted by atomic mass is 16.7. The van der Waals surface area contributed by atoms with Crippen LogP contribution in [0.2, 0.25) is 0 Å². The van der Waals surface area contributed by atoms with Crippen molar-refractivity contribution in [1.82, 2.24) is 4.57 Å². The van der Waals surface area contributed by atoms with Gasteiger partial charge in [-0.2, -0.15) is 0 Å². The molecule has 1 aliphatic heterocycles. The van der Waals surface area contributed by atoms with Crippen LogP contribution in [0.25, 0.3) is 10.9 Å². The molecule has 7 nitrogen and oxygen atoms in total. The number of para-hydroxylation sites is 1. The van der Waals surface area contributed by atoms with E-state index in [2.05, 4.69) is 0 Å². The van der Waals surface area contributed by atoms with E-state index in [1.54, 1.807) is 10.8 Å². The molecule has 27 heavy (non-hydrogen) atoms. The standard InChI is InChI=1S/C19H24BNO6/c1-18(2)19(3,4)27-20(26-18)14(9-16(22)23)13-10-21(11-17(24)25)15-8-6-5-7-12(13)15/h5-8,10,14H,9,11H2,1-4H3,(H,22,23)(H,24,25). The number of hydrogen-bond donors (Lipinski definition) is 2. The summed E-state index contributed by atoms with van der Waals surface area (Å²) in [6.07, 6.45) is 1.52. The molecule has 0 spiro atoms. The Kier molecular flexibility index (Phi) is 4.82. The maximum absolute atomic E-state index is 11.6. The lowest BCUT2D eigenvalue weighted by molar-refractivity contribution is -0.138. The lowest BCUT2D eigenvalue weighted by atomic mass is 9.66. The largest absolute Gasteiger partial charge is 0.481 e. The molecule has 1 saturated heterocycles. The van der Waals surface area contributed by atoms with E-state index in [0.717, 1.165) is 10.9 Å². The van der Waals surface area contributed by atoms with Crippen molar-refractivity contribution in [3.63, 3.8) is 0 Å². The molecule has 8 heteroatoms. The summed E-state index contributed by atoms with van der Waals surface area (Å²) < 4.78 is 13.8. The fourth-order valence-electron chi connectivity index (χ4n) is 3.44. The normalized spacial score (nSPS) is 19.3. The number of nitrogens with zero attached hydrogens (tertiary/aromatic N) is 1. The first kappa shape index (κ1) is 19.4. The third kappa shape index (κ3) is 3.59. The Hall–Kier alpha value is -2.32. The van der Waals surface area contributed by atoms with Gasteiger partial charge in [0.25, 0.3) is 0 Å². The van der Waals surface area contributed by atoms with E-state index in [0.29, 0.717) is 5.56 Å². The molecule has 0 radical (unpaired) electrons. The maximum Gasteiger partial charge on any atom is 0.466 e. The number of fused-ring (bicyclic) bond motifs is 1. The van der Waals surface area contributed by atoms with Gasteiger partial charge >= 0.3 is 19.1 Å². The molecular formula is C19H24BNO6. The number of carbonyl (C=O) groups is 2. The summed E-state index contributed by atoms with van der Waals surface area (Å²) in [6, 6.07) is 7.36. The van der Waals surface area contributed by atoms with Crippen molar-refractivity contribution in [3.05, 3.63) is 36.0 Å². The average molecular weight is 373 g/mol. The van der Waals surface area contributed by atoms with Gasteiger partial charge in [0.2, 0.25) is 0 Å². The van der Waals surface area contributed by atoms with E-state index in [9.17, 15) is 19.8 Å². The summed E-state index contributed by atoms with van der Waals surface area (Å²) in [5, 5.41) is 19.5. The average Bonchev–Trinajstić information content (AvgIpc) is 2.99. The van der Waals surface area contributed by atoms with Crippen LogP contribution in [0.4, 0.5) is 0 Å². The Morgan fingerprint density at radius 2 is 1.67 bits per heavy atom. The van der Waals surface area contributed by atoms with Gasteiger partial charge in [-0.15, -0.1) is 0 Å². The first-order valence-electron chi connectivity index (χ1n) is 8.89. The molecule has 3 rings (SSSR count). The van der Waals surface area contributed by atoms with Gasteiger partial charge in [-0.05, 0) is 39.3 Å². The van der Waals surface area contributed by atoms with E-state index >= 15 is 0 Å². The van der Waals surface area contributed by atoms with Crippen molar-refractivity contribution in [2.45, 2.75) is 57.7 Å². The molecule has 0 bridgehead atoms. The first-order valence-corrected chi connectivity index (χ1v) is 8.89. The van der Waals surface area contributed by atoms with Gasteiger partial charge in [-0.1, -0.05) is 18.2 Å². The van der Waals surface area contributed by atoms with Crippen molar-refractivity contribution in [2.24, 2.45) is 0 Å². The Balaban J connectivity index is 2.09. The molecule has 2 heterocycles. The lowest BCUT2D eigenvalue weighted by Crippen LogP contribution is -2.41. The minimum Gasteiger partial charge on any atom is -0.481 e. The van der Waals surface area contributed by atoms with Crippen LogP contribution in [0.3, 0.4) is 0 Å². The SMILES string of the molecule is CC1(C)OB(C(CC(=O)O)c2cn(CC(=O)O)c3ccccc23)OC1(C)C. The monoisotopic (exact) mass is 373 g/mol. The summed E-state index contributed by atoms with van der Waals surface area (Å²) in [6.45, 7) is 7.46. The predicted molar refractivity (Wildman–Crippen MR) is 101 cm³/mol. The van der Waals surface area contributed by atoms with Gasteiger partial charge in [0.1, 0.15) is 6.54 Å². The number of hydrogen-bond acceptors (Lipinski definition) is 4. The second-order valence-corrected chi connectivity index (χ2v) is 7.95. The van der Waals surface area contributed by atoms with Gasteiger partial charge in [-0.25, -0.2) is 0 Å². The van der Waals surface area contributed by atoms with Crippen LogP contribution in [0.1, 0.15) is 45.5 Å². The Morgan fingerprint density at radius 1 is 1.07 bits per heavy atom. The quantitative estimate of drug-likeness (QED) is 0.756. The number of benzene rings is 1. The molecular weight excluding hydrogens is 349 g/mol. The number of carboxylic acid groups (broad SMARTS) is 2. The molecule has 1 aliphatic rings. The smallest absolute Gasteiger partial charge is 0.466 e. The van der Waals surface area contributed by atoms with Gasteiger partial charge in [0.15, 0.2) is 0 Å². The van der Waals surface area contributed by atoms with E-state index in [-0.39, 0.29) is 13.0 Å². The van der Waals surface area contributed by atoms with Gasteiger partial charge in [0, 0.05) is 22.9 Å². The lowest BCUT2D eigenvalue weighted by Gasteiger charge is -2.32. The molecule has 0 amide bonds. The maximum atomic E-state index is 11.6. The summed E-state index contributed by atoms with van der Waals surface area (Å²) in [4.78, 5) is 22.8. The highest BCUT2D eigenvalue weighted by molar-refractivity contribution is 6.48. The second kappa shape index (κ2) is 6.69. The van der Waals surface area contributed by atoms with Gasteiger partial charge < -0.3 is 24.1 Å². The van der Waals surface area contributed by atoms with E-state index < -0.39 is 36.1 Å². The second-order valence-electron chi connectivity index (χ2n) is 7.95. The van der Waals surface area contributed by atoms with Crippen LogP contribution in [0.15, 0.2) is 30.5 Å². The zero-order valence-electron chi connectivity index (χ0n) is 15.9. The fraction of sp³-hybridized carbons (Fsp3) is 0.474. The van der Waals surface area contributed by atoms with Crippen molar-refractivity contribution < 1.29 is 29.1 Å². The molecule has 1 unspecified atom stereocenters. The van der Waals surface area contributed by atoms with Crippen LogP contribution in [-0.2, 0) is 25.4 Å². The van der Waals surface area contributed by atoms with Crippen molar-refractivity contribution >= 4 is 30.0 Å². The fourth-order valence-corrected chi connectivity index (χ4v) is 3.44. The van der Waals surface area contributed by atoms with Gasteiger partial charge in [-0.3, -0.25) is 9.59 Å². The van der Waals surface area contributed by atoms with Crippen molar-refractivity contribution in [3.8, 4) is 0 Å². The third-order valence-electron chi connectivity index (χ3n) is 5.52. The molecule has 1 aromatic carbocycles. The zero-order valence-corrected chi connectivity index (χ0v) is 15.9. The number of rotatable bonds is 6. The molecule has 0 aliphatic carbocycles. The Bertz CT molecular complexity index is 871. The van der Waals surface area contributed by atoms with Crippen LogP contribution in [0, 0.1) is 0 Å². The summed E-state index contributed by atoms with van der Waals surface area (Å²) in [5.74, 6) is -2.50. The van der Waals surface area contributed by atoms with Crippen LogP contribution in [-0.4, -0.2) is 45.0 Å². The van der Waals surface area contributed by atoms with Gasteiger partial charge in [0.05, 0.1) is 17.6 Å². The molecule has 1 fully saturated rings. The molecule has 2 aromatic rings. The van der Waals surface area contributed by atoms with Crippen LogP contribution in [0.5, 0.6) is 0 Å². The molecule has 1 aromatic heterocycles. The highest BCUT2D eigenvalue weighted by Crippen LogP contribution is 2.43. The van der Waals surface area contributed by atoms with Crippen molar-refractivity contribution in [2.75, 3.05) is 0 Å². The van der Waals surface area contributed by atoms with E-state index in [4.69, 9.17) is 9.31 Å².